The quantitative estimate of drug-likeness (QED) is 0.750. The Morgan fingerprint density at radius 2 is 2.07 bits per heavy atom. The first-order chi connectivity index (χ1) is 12.7. The lowest BCUT2D eigenvalue weighted by Crippen LogP contribution is -2.17. The maximum atomic E-state index is 11.6. The first-order valence-corrected chi connectivity index (χ1v) is 10.1. The molecule has 0 spiro atoms. The average molecular weight is 384 g/mol. The Hall–Kier alpha value is -2.28. The maximum Gasteiger partial charge on any atom is 0.220 e. The first-order valence-electron chi connectivity index (χ1n) is 9.30. The number of carbonyl (C=O) groups excluding carboxylic acids is 1. The zero-order valence-corrected chi connectivity index (χ0v) is 17.2. The van der Waals surface area contributed by atoms with Gasteiger partial charge in [0.25, 0.3) is 0 Å². The summed E-state index contributed by atoms with van der Waals surface area (Å²) in [5, 5.41) is 4.03. The van der Waals surface area contributed by atoms with Crippen LogP contribution in [0, 0.1) is 5.92 Å². The van der Waals surface area contributed by atoms with Gasteiger partial charge in [-0.3, -0.25) is 9.78 Å². The zero-order valence-electron chi connectivity index (χ0n) is 16.4. The largest absolute Gasteiger partial charge is 0.356 e. The molecule has 1 aliphatic rings. The first kappa shape index (κ1) is 18.1. The third-order valence-corrected chi connectivity index (χ3v) is 6.77. The van der Waals surface area contributed by atoms with Crippen LogP contribution in [-0.4, -0.2) is 32.0 Å². The molecule has 2 atom stereocenters. The van der Waals surface area contributed by atoms with E-state index >= 15 is 0 Å². The van der Waals surface area contributed by atoms with Crippen LogP contribution in [0.25, 0.3) is 21.6 Å². The van der Waals surface area contributed by atoms with Crippen LogP contribution in [0.3, 0.4) is 0 Å². The minimum Gasteiger partial charge on any atom is -0.356 e. The molecule has 4 heterocycles. The molecule has 0 aromatic carbocycles. The Labute approximate surface area is 163 Å². The number of hydrogen-bond donors (Lipinski definition) is 1. The lowest BCUT2D eigenvalue weighted by Gasteiger charge is -2.16. The zero-order chi connectivity index (χ0) is 19.3. The van der Waals surface area contributed by atoms with E-state index in [0.29, 0.717) is 6.42 Å². The Kier molecular flexibility index (Phi) is 4.29. The summed E-state index contributed by atoms with van der Waals surface area (Å²) in [4.78, 5) is 26.7. The van der Waals surface area contributed by atoms with Crippen LogP contribution in [0.1, 0.15) is 50.9 Å². The molecular weight excluding hydrogens is 358 g/mol. The molecule has 3 aromatic heterocycles. The van der Waals surface area contributed by atoms with Crippen LogP contribution in [0.15, 0.2) is 18.5 Å². The summed E-state index contributed by atoms with van der Waals surface area (Å²) >= 11 is 1.69. The third-order valence-electron chi connectivity index (χ3n) is 5.32. The summed E-state index contributed by atoms with van der Waals surface area (Å²) in [5.74, 6) is 1.64. The van der Waals surface area contributed by atoms with Crippen molar-refractivity contribution in [2.24, 2.45) is 13.0 Å². The minimum atomic E-state index is 0.0351. The highest BCUT2D eigenvalue weighted by Gasteiger charge is 2.30. The predicted molar refractivity (Wildman–Crippen MR) is 108 cm³/mol. The van der Waals surface area contributed by atoms with Crippen LogP contribution >= 0.6 is 11.3 Å². The molecule has 0 aliphatic carbocycles. The predicted octanol–water partition coefficient (Wildman–Crippen LogP) is 3.63. The molecule has 0 saturated carbocycles. The van der Waals surface area contributed by atoms with Gasteiger partial charge < -0.3 is 9.88 Å². The number of aromatic nitrogens is 4. The molecular formula is C20H25N5OS. The van der Waals surface area contributed by atoms with Gasteiger partial charge >= 0.3 is 0 Å². The lowest BCUT2D eigenvalue weighted by molar-refractivity contribution is -0.119. The van der Waals surface area contributed by atoms with Crippen molar-refractivity contribution >= 4 is 28.3 Å². The molecule has 1 fully saturated rings. The number of aryl methyl sites for hydroxylation is 1. The maximum absolute atomic E-state index is 11.6. The highest BCUT2D eigenvalue weighted by Crippen LogP contribution is 2.34. The number of nitrogens with zero attached hydrogens (tertiary/aromatic N) is 4. The summed E-state index contributed by atoms with van der Waals surface area (Å²) in [5.41, 5.74) is 2.89. The number of rotatable bonds is 3. The number of nitrogens with one attached hydrogen (secondary N) is 1. The molecule has 7 heteroatoms. The number of fused-ring (bicyclic) bond motifs is 1. The highest BCUT2D eigenvalue weighted by atomic mass is 32.1. The lowest BCUT2D eigenvalue weighted by atomic mass is 9.92. The van der Waals surface area contributed by atoms with Crippen molar-refractivity contribution in [1.29, 1.82) is 0 Å². The number of hydrogen-bond acceptors (Lipinski definition) is 5. The molecule has 3 aromatic rings. The van der Waals surface area contributed by atoms with Crippen LogP contribution in [0.4, 0.5) is 0 Å². The summed E-state index contributed by atoms with van der Waals surface area (Å²) in [6, 6.07) is 2.05. The average Bonchev–Trinajstić information content (AvgIpc) is 3.32. The van der Waals surface area contributed by atoms with Crippen LogP contribution < -0.4 is 5.32 Å². The van der Waals surface area contributed by atoms with Crippen LogP contribution in [0.5, 0.6) is 0 Å². The van der Waals surface area contributed by atoms with E-state index < -0.39 is 0 Å². The fourth-order valence-corrected chi connectivity index (χ4v) is 4.52. The highest BCUT2D eigenvalue weighted by molar-refractivity contribution is 7.15. The molecule has 4 rings (SSSR count). The van der Waals surface area contributed by atoms with Gasteiger partial charge in [0, 0.05) is 37.5 Å². The number of carbonyl (C=O) groups is 1. The van der Waals surface area contributed by atoms with E-state index in [0.717, 1.165) is 39.0 Å². The van der Waals surface area contributed by atoms with Gasteiger partial charge in [0.15, 0.2) is 0 Å². The van der Waals surface area contributed by atoms with E-state index in [2.05, 4.69) is 47.5 Å². The Morgan fingerprint density at radius 3 is 2.70 bits per heavy atom. The fraction of sp³-hybridized carbons (Fsp3) is 0.500. The van der Waals surface area contributed by atoms with Gasteiger partial charge in [-0.15, -0.1) is 11.3 Å². The molecule has 1 saturated heterocycles. The molecule has 6 nitrogen and oxygen atoms in total. The molecule has 1 N–H and O–H groups in total. The van der Waals surface area contributed by atoms with Crippen molar-refractivity contribution in [1.82, 2.24) is 24.8 Å². The minimum absolute atomic E-state index is 0.0351. The van der Waals surface area contributed by atoms with Gasteiger partial charge in [0.1, 0.15) is 5.82 Å². The number of pyridine rings is 1. The van der Waals surface area contributed by atoms with Gasteiger partial charge in [0.2, 0.25) is 5.91 Å². The summed E-state index contributed by atoms with van der Waals surface area (Å²) in [6.45, 7) is 9.38. The smallest absolute Gasteiger partial charge is 0.220 e. The summed E-state index contributed by atoms with van der Waals surface area (Å²) in [7, 11) is 2.02. The van der Waals surface area contributed by atoms with E-state index in [-0.39, 0.29) is 23.2 Å². The Bertz CT molecular complexity index is 1010. The van der Waals surface area contributed by atoms with Crippen LogP contribution in [0.2, 0.25) is 0 Å². The van der Waals surface area contributed by atoms with Crippen molar-refractivity contribution in [2.75, 3.05) is 6.54 Å². The van der Waals surface area contributed by atoms with Gasteiger partial charge in [-0.05, 0) is 12.0 Å². The summed E-state index contributed by atoms with van der Waals surface area (Å²) < 4.78 is 2.10. The van der Waals surface area contributed by atoms with Crippen molar-refractivity contribution in [3.63, 3.8) is 0 Å². The topological polar surface area (TPSA) is 72.7 Å². The molecule has 27 heavy (non-hydrogen) atoms. The second kappa shape index (κ2) is 6.41. The van der Waals surface area contributed by atoms with Crippen LogP contribution in [-0.2, 0) is 17.3 Å². The van der Waals surface area contributed by atoms with Crippen molar-refractivity contribution in [2.45, 2.75) is 45.4 Å². The number of imidazole rings is 1. The second-order valence-corrected chi connectivity index (χ2v) is 9.45. The number of amides is 1. The van der Waals surface area contributed by atoms with Gasteiger partial charge in [-0.2, -0.15) is 0 Å². The number of thiazole rings is 1. The van der Waals surface area contributed by atoms with E-state index in [1.54, 1.807) is 11.3 Å². The van der Waals surface area contributed by atoms with Crippen molar-refractivity contribution in [3.8, 4) is 10.6 Å². The Morgan fingerprint density at radius 1 is 1.30 bits per heavy atom. The summed E-state index contributed by atoms with van der Waals surface area (Å²) in [6.07, 6.45) is 4.37. The monoisotopic (exact) mass is 383 g/mol. The van der Waals surface area contributed by atoms with Gasteiger partial charge in [0.05, 0.1) is 32.8 Å². The van der Waals surface area contributed by atoms with E-state index in [1.807, 2.05) is 25.5 Å². The third kappa shape index (κ3) is 3.25. The molecule has 0 bridgehead atoms. The normalized spacial score (nSPS) is 18.9. The second-order valence-electron chi connectivity index (χ2n) is 8.42. The molecule has 0 radical (unpaired) electrons. The van der Waals surface area contributed by atoms with Crippen molar-refractivity contribution < 1.29 is 4.79 Å². The van der Waals surface area contributed by atoms with Gasteiger partial charge in [-0.1, -0.05) is 27.7 Å². The van der Waals surface area contributed by atoms with E-state index in [1.165, 1.54) is 0 Å². The molecule has 142 valence electrons. The van der Waals surface area contributed by atoms with Crippen molar-refractivity contribution in [3.05, 3.63) is 29.3 Å². The van der Waals surface area contributed by atoms with Gasteiger partial charge in [-0.25, -0.2) is 9.97 Å². The fourth-order valence-electron chi connectivity index (χ4n) is 3.58. The molecule has 0 unspecified atom stereocenters. The van der Waals surface area contributed by atoms with E-state index in [4.69, 9.17) is 4.98 Å². The molecule has 1 aliphatic heterocycles. The SMILES string of the molecule is C[C@@H](c1nc2cc(-c3cnc(C(C)(C)C)s3)ncc2n1C)[C@@H]1CNC(=O)C1. The van der Waals surface area contributed by atoms with E-state index in [9.17, 15) is 4.79 Å². The Balaban J connectivity index is 1.69. The standard InChI is InChI=1S/C20H25N5OS/c1-11(12-6-17(26)22-8-12)18-24-13-7-14(21-9-15(13)25(18)5)16-10-23-19(27-16)20(2,3)4/h7,9-12H,6,8H2,1-5H3,(H,22,26)/t11-,12+/m1/s1. The molecule has 1 amide bonds.